The van der Waals surface area contributed by atoms with E-state index in [1.165, 1.54) is 38.2 Å². The van der Waals surface area contributed by atoms with Gasteiger partial charge in [-0.2, -0.15) is 0 Å². The second-order valence-electron chi connectivity index (χ2n) is 5.56. The number of piperazine rings is 1. The fourth-order valence-electron chi connectivity index (χ4n) is 2.79. The summed E-state index contributed by atoms with van der Waals surface area (Å²) in [6.45, 7) is 10.5. The second-order valence-corrected chi connectivity index (χ2v) is 5.56. The van der Waals surface area contributed by atoms with Crippen LogP contribution in [0.5, 0.6) is 0 Å². The summed E-state index contributed by atoms with van der Waals surface area (Å²) in [5.74, 6) is 0.864. The average Bonchev–Trinajstić information content (AvgIpc) is 2.46. The lowest BCUT2D eigenvalue weighted by Crippen LogP contribution is -2.47. The summed E-state index contributed by atoms with van der Waals surface area (Å²) in [7, 11) is 0. The minimum Gasteiger partial charge on any atom is -0.399 e. The topological polar surface area (TPSA) is 32.5 Å². The Morgan fingerprint density at radius 1 is 1.00 bits per heavy atom. The van der Waals surface area contributed by atoms with Gasteiger partial charge in [-0.3, -0.25) is 4.90 Å². The van der Waals surface area contributed by atoms with Crippen molar-refractivity contribution in [3.63, 3.8) is 0 Å². The molecule has 1 heterocycles. The third kappa shape index (κ3) is 3.87. The quantitative estimate of drug-likeness (QED) is 0.827. The molecule has 3 nitrogen and oxygen atoms in total. The molecule has 3 heteroatoms. The van der Waals surface area contributed by atoms with Gasteiger partial charge in [0.2, 0.25) is 0 Å². The molecule has 1 saturated heterocycles. The Morgan fingerprint density at radius 2 is 1.58 bits per heavy atom. The molecule has 0 atom stereocenters. The minimum atomic E-state index is 0.844. The first-order valence-electron chi connectivity index (χ1n) is 7.55. The van der Waals surface area contributed by atoms with Crippen molar-refractivity contribution in [2.24, 2.45) is 5.92 Å². The molecule has 1 aromatic carbocycles. The molecule has 1 aliphatic heterocycles. The second kappa shape index (κ2) is 6.80. The number of nitrogens with two attached hydrogens (primary N) is 1. The number of nitrogen functional groups attached to an aromatic ring is 1. The molecule has 1 aromatic rings. The third-order valence-corrected chi connectivity index (χ3v) is 4.30. The first-order chi connectivity index (χ1) is 9.22. The summed E-state index contributed by atoms with van der Waals surface area (Å²) >= 11 is 0. The molecule has 2 rings (SSSR count). The molecule has 106 valence electrons. The lowest BCUT2D eigenvalue weighted by Gasteiger charge is -2.37. The zero-order valence-corrected chi connectivity index (χ0v) is 12.3. The fraction of sp³-hybridized carbons (Fsp3) is 0.625. The summed E-state index contributed by atoms with van der Waals surface area (Å²) in [6.07, 6.45) is 2.60. The minimum absolute atomic E-state index is 0.844. The maximum Gasteiger partial charge on any atom is 0.0368 e. The van der Waals surface area contributed by atoms with Crippen molar-refractivity contribution in [2.45, 2.75) is 26.7 Å². The monoisotopic (exact) mass is 261 g/mol. The fourth-order valence-corrected chi connectivity index (χ4v) is 2.79. The molecular weight excluding hydrogens is 234 g/mol. The largest absolute Gasteiger partial charge is 0.399 e. The number of rotatable bonds is 5. The molecule has 0 radical (unpaired) electrons. The van der Waals surface area contributed by atoms with E-state index in [-0.39, 0.29) is 0 Å². The van der Waals surface area contributed by atoms with Gasteiger partial charge in [0.05, 0.1) is 0 Å². The Hall–Kier alpha value is -1.22. The van der Waals surface area contributed by atoms with Crippen molar-refractivity contribution in [1.82, 2.24) is 4.90 Å². The molecular formula is C16H27N3. The number of hydrogen-bond donors (Lipinski definition) is 1. The number of hydrogen-bond acceptors (Lipinski definition) is 3. The van der Waals surface area contributed by atoms with E-state index in [2.05, 4.69) is 35.8 Å². The summed E-state index contributed by atoms with van der Waals surface area (Å²) < 4.78 is 0. The van der Waals surface area contributed by atoms with Crippen molar-refractivity contribution in [3.05, 3.63) is 24.3 Å². The Kier molecular flexibility index (Phi) is 5.08. The van der Waals surface area contributed by atoms with Crippen LogP contribution in [-0.4, -0.2) is 37.6 Å². The van der Waals surface area contributed by atoms with Gasteiger partial charge in [0, 0.05) is 44.1 Å². The van der Waals surface area contributed by atoms with Crippen LogP contribution in [-0.2, 0) is 0 Å². The van der Waals surface area contributed by atoms with E-state index in [4.69, 9.17) is 5.73 Å². The van der Waals surface area contributed by atoms with Crippen LogP contribution in [0.25, 0.3) is 0 Å². The van der Waals surface area contributed by atoms with Crippen LogP contribution in [0, 0.1) is 5.92 Å². The van der Waals surface area contributed by atoms with Crippen molar-refractivity contribution in [1.29, 1.82) is 0 Å². The van der Waals surface area contributed by atoms with E-state index in [9.17, 15) is 0 Å². The predicted octanol–water partition coefficient (Wildman–Crippen LogP) is 2.83. The van der Waals surface area contributed by atoms with Crippen molar-refractivity contribution in [3.8, 4) is 0 Å². The molecule has 0 aromatic heterocycles. The maximum absolute atomic E-state index is 5.74. The lowest BCUT2D eigenvalue weighted by atomic mass is 10.0. The first kappa shape index (κ1) is 14.2. The Labute approximate surface area is 117 Å². The van der Waals surface area contributed by atoms with Crippen LogP contribution in [0.2, 0.25) is 0 Å². The predicted molar refractivity (Wildman–Crippen MR) is 83.6 cm³/mol. The van der Waals surface area contributed by atoms with E-state index in [1.54, 1.807) is 0 Å². The van der Waals surface area contributed by atoms with Crippen LogP contribution in [0.1, 0.15) is 26.7 Å². The van der Waals surface area contributed by atoms with E-state index >= 15 is 0 Å². The number of benzene rings is 1. The molecule has 0 unspecified atom stereocenters. The molecule has 19 heavy (non-hydrogen) atoms. The zero-order valence-electron chi connectivity index (χ0n) is 12.3. The van der Waals surface area contributed by atoms with Crippen LogP contribution in [0.4, 0.5) is 11.4 Å². The van der Waals surface area contributed by atoms with Crippen LogP contribution < -0.4 is 10.6 Å². The standard InChI is InChI=1S/C16H27N3/c1-3-14(4-2)13-18-9-11-19(12-10-18)16-7-5-15(17)6-8-16/h5-8,14H,3-4,9-13,17H2,1-2H3. The summed E-state index contributed by atoms with van der Waals surface area (Å²) in [4.78, 5) is 5.08. The average molecular weight is 261 g/mol. The lowest BCUT2D eigenvalue weighted by molar-refractivity contribution is 0.212. The van der Waals surface area contributed by atoms with E-state index in [1.807, 2.05) is 12.1 Å². The van der Waals surface area contributed by atoms with Gasteiger partial charge in [-0.1, -0.05) is 26.7 Å². The Morgan fingerprint density at radius 3 is 2.11 bits per heavy atom. The number of nitrogens with zero attached hydrogens (tertiary/aromatic N) is 2. The van der Waals surface area contributed by atoms with Gasteiger partial charge in [0.1, 0.15) is 0 Å². The highest BCUT2D eigenvalue weighted by molar-refractivity contribution is 5.53. The van der Waals surface area contributed by atoms with Crippen LogP contribution >= 0.6 is 0 Å². The van der Waals surface area contributed by atoms with Gasteiger partial charge in [-0.05, 0) is 30.2 Å². The van der Waals surface area contributed by atoms with Crippen molar-refractivity contribution in [2.75, 3.05) is 43.4 Å². The van der Waals surface area contributed by atoms with Gasteiger partial charge in [-0.25, -0.2) is 0 Å². The van der Waals surface area contributed by atoms with E-state index in [0.717, 1.165) is 24.7 Å². The maximum atomic E-state index is 5.74. The highest BCUT2D eigenvalue weighted by Crippen LogP contribution is 2.19. The normalized spacial score (nSPS) is 17.1. The highest BCUT2D eigenvalue weighted by atomic mass is 15.3. The molecule has 0 bridgehead atoms. The Balaban J connectivity index is 1.83. The summed E-state index contributed by atoms with van der Waals surface area (Å²) in [5.41, 5.74) is 7.88. The molecule has 1 fully saturated rings. The van der Waals surface area contributed by atoms with Gasteiger partial charge < -0.3 is 10.6 Å². The van der Waals surface area contributed by atoms with Gasteiger partial charge >= 0.3 is 0 Å². The number of anilines is 2. The molecule has 0 aliphatic carbocycles. The van der Waals surface area contributed by atoms with Crippen LogP contribution in [0.15, 0.2) is 24.3 Å². The molecule has 0 amide bonds. The highest BCUT2D eigenvalue weighted by Gasteiger charge is 2.18. The van der Waals surface area contributed by atoms with Crippen molar-refractivity contribution < 1.29 is 0 Å². The van der Waals surface area contributed by atoms with Gasteiger partial charge in [0.15, 0.2) is 0 Å². The molecule has 0 saturated carbocycles. The molecule has 1 aliphatic rings. The van der Waals surface area contributed by atoms with E-state index < -0.39 is 0 Å². The zero-order chi connectivity index (χ0) is 13.7. The molecule has 2 N–H and O–H groups in total. The summed E-state index contributed by atoms with van der Waals surface area (Å²) in [6, 6.07) is 8.25. The van der Waals surface area contributed by atoms with E-state index in [0.29, 0.717) is 0 Å². The molecule has 0 spiro atoms. The first-order valence-corrected chi connectivity index (χ1v) is 7.55. The SMILES string of the molecule is CCC(CC)CN1CCN(c2ccc(N)cc2)CC1. The third-order valence-electron chi connectivity index (χ3n) is 4.30. The van der Waals surface area contributed by atoms with Gasteiger partial charge in [-0.15, -0.1) is 0 Å². The van der Waals surface area contributed by atoms with Gasteiger partial charge in [0.25, 0.3) is 0 Å². The Bertz CT molecular complexity index is 362. The smallest absolute Gasteiger partial charge is 0.0368 e. The summed E-state index contributed by atoms with van der Waals surface area (Å²) in [5, 5.41) is 0. The van der Waals surface area contributed by atoms with Crippen LogP contribution in [0.3, 0.4) is 0 Å². The van der Waals surface area contributed by atoms with Crippen molar-refractivity contribution >= 4 is 11.4 Å².